The molecule has 0 radical (unpaired) electrons. The average Bonchev–Trinajstić information content (AvgIpc) is 2.82. The quantitative estimate of drug-likeness (QED) is 0.679. The van der Waals surface area contributed by atoms with Crippen LogP contribution in [-0.2, 0) is 0 Å². The molecule has 1 aliphatic rings. The van der Waals surface area contributed by atoms with Gasteiger partial charge in [0.25, 0.3) is 11.5 Å². The molecule has 1 fully saturated rings. The molecule has 19 heavy (non-hydrogen) atoms. The van der Waals surface area contributed by atoms with Gasteiger partial charge in [-0.3, -0.25) is 14.6 Å². The summed E-state index contributed by atoms with van der Waals surface area (Å²) in [5.74, 6) is -0.330. The van der Waals surface area contributed by atoms with Gasteiger partial charge in [0, 0.05) is 25.3 Å². The third-order valence-corrected chi connectivity index (χ3v) is 3.32. The summed E-state index contributed by atoms with van der Waals surface area (Å²) < 4.78 is 0. The second-order valence-corrected chi connectivity index (χ2v) is 4.66. The predicted molar refractivity (Wildman–Crippen MR) is 68.1 cm³/mol. The Morgan fingerprint density at radius 1 is 1.42 bits per heavy atom. The van der Waals surface area contributed by atoms with E-state index in [9.17, 15) is 14.4 Å². The molecule has 1 amide bonds. The Labute approximate surface area is 109 Å². The predicted octanol–water partition coefficient (Wildman–Crippen LogP) is -0.560. The van der Waals surface area contributed by atoms with Crippen LogP contribution in [0.15, 0.2) is 15.7 Å². The van der Waals surface area contributed by atoms with E-state index in [0.29, 0.717) is 13.0 Å². The highest BCUT2D eigenvalue weighted by Gasteiger charge is 2.29. The summed E-state index contributed by atoms with van der Waals surface area (Å²) in [7, 11) is 0. The molecule has 104 valence electrons. The van der Waals surface area contributed by atoms with Crippen LogP contribution < -0.4 is 11.2 Å². The average molecular weight is 267 g/mol. The first-order valence-corrected chi connectivity index (χ1v) is 6.37. The Hall–Kier alpha value is -1.89. The van der Waals surface area contributed by atoms with Gasteiger partial charge in [-0.1, -0.05) is 0 Å². The van der Waals surface area contributed by atoms with Gasteiger partial charge in [-0.15, -0.1) is 0 Å². The molecule has 0 saturated carbocycles. The van der Waals surface area contributed by atoms with Crippen LogP contribution >= 0.6 is 0 Å². The molecule has 3 N–H and O–H groups in total. The standard InChI is InChI=1S/C12H17N3O4/c16-6-2-4-8-3-1-5-15(8)11(18)9-7-10(17)14-12(19)13-9/h7-8,16H,1-6H2,(H2,13,14,17,19). The molecule has 1 aliphatic heterocycles. The van der Waals surface area contributed by atoms with Crippen LogP contribution in [0.5, 0.6) is 0 Å². The van der Waals surface area contributed by atoms with E-state index in [-0.39, 0.29) is 24.2 Å². The number of hydrogen-bond acceptors (Lipinski definition) is 4. The monoisotopic (exact) mass is 267 g/mol. The molecular weight excluding hydrogens is 250 g/mol. The third-order valence-electron chi connectivity index (χ3n) is 3.32. The van der Waals surface area contributed by atoms with Crippen molar-refractivity contribution < 1.29 is 9.90 Å². The number of H-pyrrole nitrogens is 2. The number of carbonyl (C=O) groups excluding carboxylic acids is 1. The van der Waals surface area contributed by atoms with Gasteiger partial charge in [0.2, 0.25) is 0 Å². The molecule has 1 aromatic heterocycles. The van der Waals surface area contributed by atoms with Crippen molar-refractivity contribution in [2.75, 3.05) is 13.2 Å². The van der Waals surface area contributed by atoms with Crippen molar-refractivity contribution in [2.24, 2.45) is 0 Å². The topological polar surface area (TPSA) is 106 Å². The minimum absolute atomic E-state index is 0.0182. The lowest BCUT2D eigenvalue weighted by Gasteiger charge is -2.24. The Balaban J connectivity index is 2.18. The second-order valence-electron chi connectivity index (χ2n) is 4.66. The zero-order valence-corrected chi connectivity index (χ0v) is 10.5. The summed E-state index contributed by atoms with van der Waals surface area (Å²) in [6.07, 6.45) is 3.16. The van der Waals surface area contributed by atoms with Crippen LogP contribution in [0.2, 0.25) is 0 Å². The van der Waals surface area contributed by atoms with Gasteiger partial charge in [0.05, 0.1) is 0 Å². The highest BCUT2D eigenvalue weighted by molar-refractivity contribution is 5.92. The van der Waals surface area contributed by atoms with E-state index < -0.39 is 11.2 Å². The first-order valence-electron chi connectivity index (χ1n) is 6.37. The molecule has 1 unspecified atom stereocenters. The smallest absolute Gasteiger partial charge is 0.326 e. The minimum Gasteiger partial charge on any atom is -0.396 e. The fourth-order valence-corrected chi connectivity index (χ4v) is 2.47. The molecule has 1 saturated heterocycles. The zero-order valence-electron chi connectivity index (χ0n) is 10.5. The number of rotatable bonds is 4. The summed E-state index contributed by atoms with van der Waals surface area (Å²) in [4.78, 5) is 40.7. The first-order chi connectivity index (χ1) is 9.11. The van der Waals surface area contributed by atoms with Crippen LogP contribution in [0.1, 0.15) is 36.2 Å². The maximum absolute atomic E-state index is 12.3. The van der Waals surface area contributed by atoms with Gasteiger partial charge in [0.15, 0.2) is 0 Å². The Morgan fingerprint density at radius 2 is 2.21 bits per heavy atom. The van der Waals surface area contributed by atoms with E-state index in [1.165, 1.54) is 0 Å². The lowest BCUT2D eigenvalue weighted by atomic mass is 10.1. The molecule has 7 nitrogen and oxygen atoms in total. The number of hydrogen-bond donors (Lipinski definition) is 3. The highest BCUT2D eigenvalue weighted by Crippen LogP contribution is 2.22. The van der Waals surface area contributed by atoms with Crippen molar-refractivity contribution in [1.82, 2.24) is 14.9 Å². The van der Waals surface area contributed by atoms with Crippen molar-refractivity contribution in [1.29, 1.82) is 0 Å². The van der Waals surface area contributed by atoms with Crippen molar-refractivity contribution in [3.05, 3.63) is 32.6 Å². The largest absolute Gasteiger partial charge is 0.396 e. The van der Waals surface area contributed by atoms with Gasteiger partial charge in [-0.2, -0.15) is 0 Å². The maximum Gasteiger partial charge on any atom is 0.326 e. The number of aromatic amines is 2. The first kappa shape index (κ1) is 13.5. The summed E-state index contributed by atoms with van der Waals surface area (Å²) in [6, 6.07) is 1.17. The molecule has 2 rings (SSSR count). The molecule has 1 aromatic rings. The van der Waals surface area contributed by atoms with E-state index in [2.05, 4.69) is 4.98 Å². The van der Waals surface area contributed by atoms with E-state index in [1.807, 2.05) is 4.98 Å². The van der Waals surface area contributed by atoms with Gasteiger partial charge < -0.3 is 15.0 Å². The van der Waals surface area contributed by atoms with Crippen LogP contribution in [0.3, 0.4) is 0 Å². The van der Waals surface area contributed by atoms with Crippen LogP contribution in [-0.4, -0.2) is 45.1 Å². The fourth-order valence-electron chi connectivity index (χ4n) is 2.47. The maximum atomic E-state index is 12.3. The zero-order chi connectivity index (χ0) is 13.8. The SMILES string of the molecule is O=C(c1cc(=O)[nH]c(=O)[nH]1)N1CCCC1CCCO. The number of nitrogens with one attached hydrogen (secondary N) is 2. The van der Waals surface area contributed by atoms with Gasteiger partial charge in [-0.05, 0) is 25.7 Å². The fraction of sp³-hybridized carbons (Fsp3) is 0.583. The van der Waals surface area contributed by atoms with E-state index >= 15 is 0 Å². The van der Waals surface area contributed by atoms with Crippen molar-refractivity contribution >= 4 is 5.91 Å². The van der Waals surface area contributed by atoms with Gasteiger partial charge >= 0.3 is 5.69 Å². The minimum atomic E-state index is -0.679. The molecular formula is C12H17N3O4. The van der Waals surface area contributed by atoms with Crippen molar-refractivity contribution in [2.45, 2.75) is 31.7 Å². The third kappa shape index (κ3) is 3.11. The molecule has 0 aliphatic carbocycles. The van der Waals surface area contributed by atoms with Gasteiger partial charge in [0.1, 0.15) is 5.69 Å². The number of likely N-dealkylation sites (tertiary alicyclic amines) is 1. The highest BCUT2D eigenvalue weighted by atomic mass is 16.3. The lowest BCUT2D eigenvalue weighted by Crippen LogP contribution is -2.38. The van der Waals surface area contributed by atoms with Crippen LogP contribution in [0.25, 0.3) is 0 Å². The van der Waals surface area contributed by atoms with E-state index in [0.717, 1.165) is 25.3 Å². The number of aliphatic hydroxyl groups excluding tert-OH is 1. The second kappa shape index (κ2) is 5.83. The summed E-state index contributed by atoms with van der Waals surface area (Å²) in [6.45, 7) is 0.712. The van der Waals surface area contributed by atoms with Crippen LogP contribution in [0.4, 0.5) is 0 Å². The molecule has 7 heteroatoms. The number of aromatic nitrogens is 2. The number of carbonyl (C=O) groups is 1. The molecule has 2 heterocycles. The normalized spacial score (nSPS) is 18.8. The van der Waals surface area contributed by atoms with Crippen molar-refractivity contribution in [3.63, 3.8) is 0 Å². The van der Waals surface area contributed by atoms with E-state index in [1.54, 1.807) is 4.90 Å². The molecule has 0 spiro atoms. The number of nitrogens with zero attached hydrogens (tertiary/aromatic N) is 1. The Morgan fingerprint density at radius 3 is 2.89 bits per heavy atom. The molecule has 0 aromatic carbocycles. The van der Waals surface area contributed by atoms with E-state index in [4.69, 9.17) is 5.11 Å². The van der Waals surface area contributed by atoms with Crippen molar-refractivity contribution in [3.8, 4) is 0 Å². The summed E-state index contributed by atoms with van der Waals surface area (Å²) >= 11 is 0. The summed E-state index contributed by atoms with van der Waals surface area (Å²) in [5, 5.41) is 8.84. The number of aliphatic hydroxyl groups is 1. The van der Waals surface area contributed by atoms with Crippen LogP contribution in [0, 0.1) is 0 Å². The molecule has 0 bridgehead atoms. The molecule has 1 atom stereocenters. The van der Waals surface area contributed by atoms with Gasteiger partial charge in [-0.25, -0.2) is 4.79 Å². The lowest BCUT2D eigenvalue weighted by molar-refractivity contribution is 0.0717. The Bertz CT molecular complexity index is 534. The number of amides is 1. The summed E-state index contributed by atoms with van der Waals surface area (Å²) in [5.41, 5.74) is -1.25. The Kier molecular flexibility index (Phi) is 4.16.